The van der Waals surface area contributed by atoms with Crippen LogP contribution in [0.3, 0.4) is 0 Å². The number of rotatable bonds is 4. The lowest BCUT2D eigenvalue weighted by Crippen LogP contribution is -2.39. The highest BCUT2D eigenvalue weighted by Crippen LogP contribution is 2.25. The zero-order valence-corrected chi connectivity index (χ0v) is 11.0. The second kappa shape index (κ2) is 5.84. The van der Waals surface area contributed by atoms with Crippen molar-refractivity contribution in [2.24, 2.45) is 5.92 Å². The van der Waals surface area contributed by atoms with Crippen LogP contribution in [-0.4, -0.2) is 29.7 Å². The van der Waals surface area contributed by atoms with Gasteiger partial charge in [-0.15, -0.1) is 5.06 Å². The summed E-state index contributed by atoms with van der Waals surface area (Å²) in [6.45, 7) is 4.08. The molecule has 2 atom stereocenters. The summed E-state index contributed by atoms with van der Waals surface area (Å²) >= 11 is 0. The Morgan fingerprint density at radius 2 is 2.05 bits per heavy atom. The molecule has 1 aliphatic rings. The first-order valence-corrected chi connectivity index (χ1v) is 6.32. The van der Waals surface area contributed by atoms with Gasteiger partial charge < -0.3 is 9.57 Å². The monoisotopic (exact) mass is 263 g/mol. The molecule has 1 aromatic rings. The van der Waals surface area contributed by atoms with Crippen LogP contribution in [0.1, 0.15) is 19.4 Å². The maximum atomic E-state index is 11.9. The maximum Gasteiger partial charge on any atom is 0.330 e. The fraction of sp³-hybridized carbons (Fsp3) is 0.429. The minimum atomic E-state index is -0.673. The number of esters is 1. The van der Waals surface area contributed by atoms with E-state index in [1.54, 1.807) is 13.8 Å². The average Bonchev–Trinajstić information content (AvgIpc) is 2.66. The van der Waals surface area contributed by atoms with Crippen LogP contribution in [0.5, 0.6) is 0 Å². The summed E-state index contributed by atoms with van der Waals surface area (Å²) in [7, 11) is 0. The van der Waals surface area contributed by atoms with E-state index < -0.39 is 23.9 Å². The number of hydrogen-bond acceptors (Lipinski definition) is 5. The van der Waals surface area contributed by atoms with E-state index in [4.69, 9.17) is 9.57 Å². The van der Waals surface area contributed by atoms with Crippen LogP contribution in [0.2, 0.25) is 0 Å². The summed E-state index contributed by atoms with van der Waals surface area (Å²) in [5.74, 6) is -1.33. The van der Waals surface area contributed by atoms with Crippen LogP contribution in [0.15, 0.2) is 30.3 Å². The van der Waals surface area contributed by atoms with Crippen molar-refractivity contribution in [2.45, 2.75) is 26.4 Å². The predicted octanol–water partition coefficient (Wildman–Crippen LogP) is 1.53. The molecule has 0 aliphatic carbocycles. The van der Waals surface area contributed by atoms with E-state index in [1.807, 2.05) is 30.3 Å². The third-order valence-electron chi connectivity index (χ3n) is 3.07. The van der Waals surface area contributed by atoms with Crippen molar-refractivity contribution < 1.29 is 19.2 Å². The number of carbonyl (C=O) groups excluding carboxylic acids is 2. The van der Waals surface area contributed by atoms with Crippen molar-refractivity contribution in [1.82, 2.24) is 5.06 Å². The minimum Gasteiger partial charge on any atom is -0.465 e. The zero-order valence-electron chi connectivity index (χ0n) is 11.0. The highest BCUT2D eigenvalue weighted by atomic mass is 16.7. The Labute approximate surface area is 112 Å². The van der Waals surface area contributed by atoms with E-state index in [1.165, 1.54) is 5.06 Å². The second-order valence-electron chi connectivity index (χ2n) is 4.46. The van der Waals surface area contributed by atoms with Gasteiger partial charge in [-0.25, -0.2) is 4.79 Å². The SMILES string of the molecule is CCOC(=O)[C@H]1[C@H](C)C(=O)ON1Cc1ccccc1. The van der Waals surface area contributed by atoms with E-state index in [9.17, 15) is 9.59 Å². The average molecular weight is 263 g/mol. The van der Waals surface area contributed by atoms with Gasteiger partial charge in [0, 0.05) is 0 Å². The van der Waals surface area contributed by atoms with Gasteiger partial charge in [0.05, 0.1) is 19.1 Å². The molecule has 0 N–H and O–H groups in total. The number of nitrogens with zero attached hydrogens (tertiary/aromatic N) is 1. The van der Waals surface area contributed by atoms with Gasteiger partial charge in [0.25, 0.3) is 0 Å². The predicted molar refractivity (Wildman–Crippen MR) is 67.7 cm³/mol. The Kier molecular flexibility index (Phi) is 4.16. The van der Waals surface area contributed by atoms with Crippen molar-refractivity contribution in [3.63, 3.8) is 0 Å². The van der Waals surface area contributed by atoms with Gasteiger partial charge in [-0.2, -0.15) is 0 Å². The van der Waals surface area contributed by atoms with Crippen LogP contribution >= 0.6 is 0 Å². The molecule has 1 aliphatic heterocycles. The van der Waals surface area contributed by atoms with E-state index in [2.05, 4.69) is 0 Å². The normalized spacial score (nSPS) is 23.2. The number of ether oxygens (including phenoxy) is 1. The minimum absolute atomic E-state index is 0.287. The van der Waals surface area contributed by atoms with Crippen molar-refractivity contribution >= 4 is 11.9 Å². The highest BCUT2D eigenvalue weighted by molar-refractivity contribution is 5.86. The van der Waals surface area contributed by atoms with Crippen LogP contribution in [-0.2, 0) is 25.7 Å². The molecule has 0 unspecified atom stereocenters. The van der Waals surface area contributed by atoms with Crippen LogP contribution in [0.25, 0.3) is 0 Å². The molecule has 102 valence electrons. The molecule has 0 bridgehead atoms. The third kappa shape index (κ3) is 2.93. The summed E-state index contributed by atoms with van der Waals surface area (Å²) in [5.41, 5.74) is 0.971. The molecule has 0 aromatic heterocycles. The van der Waals surface area contributed by atoms with Gasteiger partial charge in [0.2, 0.25) is 0 Å². The van der Waals surface area contributed by atoms with Gasteiger partial charge in [0.15, 0.2) is 6.04 Å². The van der Waals surface area contributed by atoms with Crippen molar-refractivity contribution in [1.29, 1.82) is 0 Å². The lowest BCUT2D eigenvalue weighted by Gasteiger charge is -2.20. The molecule has 2 rings (SSSR count). The van der Waals surface area contributed by atoms with E-state index in [0.717, 1.165) is 5.56 Å². The van der Waals surface area contributed by atoms with Crippen LogP contribution < -0.4 is 0 Å². The van der Waals surface area contributed by atoms with Crippen molar-refractivity contribution in [3.05, 3.63) is 35.9 Å². The van der Waals surface area contributed by atoms with Crippen molar-refractivity contribution in [2.75, 3.05) is 6.61 Å². The third-order valence-corrected chi connectivity index (χ3v) is 3.07. The molecular weight excluding hydrogens is 246 g/mol. The zero-order chi connectivity index (χ0) is 13.8. The molecule has 1 saturated heterocycles. The molecule has 0 spiro atoms. The first-order valence-electron chi connectivity index (χ1n) is 6.32. The lowest BCUT2D eigenvalue weighted by atomic mass is 10.0. The van der Waals surface area contributed by atoms with E-state index in [0.29, 0.717) is 6.54 Å². The fourth-order valence-corrected chi connectivity index (χ4v) is 2.08. The lowest BCUT2D eigenvalue weighted by molar-refractivity contribution is -0.185. The van der Waals surface area contributed by atoms with Gasteiger partial charge in [-0.05, 0) is 19.4 Å². The first kappa shape index (κ1) is 13.5. The molecule has 5 heteroatoms. The number of carbonyl (C=O) groups is 2. The van der Waals surface area contributed by atoms with Gasteiger partial charge in [-0.1, -0.05) is 30.3 Å². The van der Waals surface area contributed by atoms with Crippen LogP contribution in [0.4, 0.5) is 0 Å². The number of hydrogen-bond donors (Lipinski definition) is 0. The number of benzene rings is 1. The summed E-state index contributed by atoms with van der Waals surface area (Å²) in [5, 5.41) is 1.40. The first-order chi connectivity index (χ1) is 9.13. The Hall–Kier alpha value is -1.88. The highest BCUT2D eigenvalue weighted by Gasteiger charge is 2.46. The molecule has 0 amide bonds. The smallest absolute Gasteiger partial charge is 0.330 e. The standard InChI is InChI=1S/C14H17NO4/c1-3-18-14(17)12-10(2)13(16)19-15(12)9-11-7-5-4-6-8-11/h4-8,10,12H,3,9H2,1-2H3/t10-,12+/m0/s1. The maximum absolute atomic E-state index is 11.9. The molecule has 1 aromatic carbocycles. The quantitative estimate of drug-likeness (QED) is 0.771. The fourth-order valence-electron chi connectivity index (χ4n) is 2.08. The molecule has 1 heterocycles. The largest absolute Gasteiger partial charge is 0.465 e. The van der Waals surface area contributed by atoms with Gasteiger partial charge in [-0.3, -0.25) is 4.79 Å². The second-order valence-corrected chi connectivity index (χ2v) is 4.46. The Morgan fingerprint density at radius 1 is 1.37 bits per heavy atom. The molecule has 0 saturated carbocycles. The Balaban J connectivity index is 2.13. The molecular formula is C14H17NO4. The summed E-state index contributed by atoms with van der Waals surface area (Å²) in [4.78, 5) is 28.7. The Bertz CT molecular complexity index is 460. The summed E-state index contributed by atoms with van der Waals surface area (Å²) < 4.78 is 5.00. The van der Waals surface area contributed by atoms with E-state index >= 15 is 0 Å². The molecule has 5 nitrogen and oxygen atoms in total. The number of hydroxylamine groups is 2. The molecule has 19 heavy (non-hydrogen) atoms. The summed E-state index contributed by atoms with van der Waals surface area (Å²) in [6.07, 6.45) is 0. The van der Waals surface area contributed by atoms with Gasteiger partial charge >= 0.3 is 11.9 Å². The Morgan fingerprint density at radius 3 is 2.68 bits per heavy atom. The summed E-state index contributed by atoms with van der Waals surface area (Å²) in [6, 6.07) is 8.86. The molecule has 0 radical (unpaired) electrons. The van der Waals surface area contributed by atoms with Crippen molar-refractivity contribution in [3.8, 4) is 0 Å². The van der Waals surface area contributed by atoms with Crippen LogP contribution in [0, 0.1) is 5.92 Å². The van der Waals surface area contributed by atoms with E-state index in [-0.39, 0.29) is 6.61 Å². The van der Waals surface area contributed by atoms with Gasteiger partial charge in [0.1, 0.15) is 0 Å². The topological polar surface area (TPSA) is 55.8 Å². The molecule has 1 fully saturated rings.